The fourth-order valence-corrected chi connectivity index (χ4v) is 0.268. The van der Waals surface area contributed by atoms with Gasteiger partial charge in [0.2, 0.25) is 6.41 Å². The number of terminal acetylenes is 1. The van der Waals surface area contributed by atoms with Gasteiger partial charge in [-0.2, -0.15) is 0 Å². The first-order chi connectivity index (χ1) is 3.81. The van der Waals surface area contributed by atoms with E-state index in [0.29, 0.717) is 6.41 Å². The molecule has 1 N–H and O–H groups in total. The van der Waals surface area contributed by atoms with E-state index >= 15 is 0 Å². The third kappa shape index (κ3) is 3.89. The summed E-state index contributed by atoms with van der Waals surface area (Å²) < 4.78 is -0.391. The Morgan fingerprint density at radius 2 is 2.62 bits per heavy atom. The van der Waals surface area contributed by atoms with E-state index < -0.39 is 4.11 Å². The first-order valence-electron chi connectivity index (χ1n) is 1.76. The quantitative estimate of drug-likeness (QED) is 0.242. The van der Waals surface area contributed by atoms with Gasteiger partial charge in [-0.05, 0) is 22.6 Å². The molecule has 0 aliphatic rings. The van der Waals surface area contributed by atoms with Crippen LogP contribution in [0.3, 0.4) is 0 Å². The molecule has 8 heavy (non-hydrogen) atoms. The Kier molecular flexibility index (Phi) is 4.70. The van der Waals surface area contributed by atoms with Crippen molar-refractivity contribution < 1.29 is 9.63 Å². The lowest BCUT2D eigenvalue weighted by Gasteiger charge is -1.98. The molecule has 44 valence electrons. The van der Waals surface area contributed by atoms with Crippen LogP contribution >= 0.6 is 22.6 Å². The maximum absolute atomic E-state index is 9.52. The molecule has 0 bridgehead atoms. The van der Waals surface area contributed by atoms with Gasteiger partial charge in [0.25, 0.3) is 0 Å². The van der Waals surface area contributed by atoms with Crippen molar-refractivity contribution in [2.75, 3.05) is 0 Å². The second kappa shape index (κ2) is 4.87. The summed E-state index contributed by atoms with van der Waals surface area (Å²) in [6.07, 6.45) is 5.29. The summed E-state index contributed by atoms with van der Waals surface area (Å²) in [6, 6.07) is 0. The van der Waals surface area contributed by atoms with Crippen LogP contribution in [0.4, 0.5) is 0 Å². The van der Waals surface area contributed by atoms with Gasteiger partial charge in [0.05, 0.1) is 0 Å². The van der Waals surface area contributed by atoms with Gasteiger partial charge in [-0.15, -0.1) is 6.42 Å². The van der Waals surface area contributed by atoms with Crippen LogP contribution in [0.1, 0.15) is 0 Å². The predicted molar refractivity (Wildman–Crippen MR) is 36.9 cm³/mol. The zero-order valence-electron chi connectivity index (χ0n) is 3.93. The zero-order chi connectivity index (χ0) is 6.41. The monoisotopic (exact) mass is 225 g/mol. The van der Waals surface area contributed by atoms with Gasteiger partial charge in [-0.1, -0.05) is 5.92 Å². The highest BCUT2D eigenvalue weighted by atomic mass is 127. The fourth-order valence-electron chi connectivity index (χ4n) is 0.122. The molecule has 0 aliphatic heterocycles. The number of amides is 1. The molecule has 0 saturated heterocycles. The van der Waals surface area contributed by atoms with E-state index in [0.717, 1.165) is 0 Å². The molecule has 4 heteroatoms. The lowest BCUT2D eigenvalue weighted by molar-refractivity contribution is -0.120. The topological polar surface area (TPSA) is 38.3 Å². The minimum absolute atomic E-state index is 0.391. The number of carbonyl (C=O) groups is 1. The van der Waals surface area contributed by atoms with Crippen molar-refractivity contribution in [2.24, 2.45) is 0 Å². The molecule has 0 aromatic heterocycles. The molecule has 0 heterocycles. The Hall–Kier alpha value is -0.280. The summed E-state index contributed by atoms with van der Waals surface area (Å²) in [5.41, 5.74) is 1.97. The third-order valence-electron chi connectivity index (χ3n) is 0.351. The Bertz CT molecular complexity index is 109. The molecule has 3 nitrogen and oxygen atoms in total. The average Bonchev–Trinajstić information content (AvgIpc) is 1.83. The number of halogens is 1. The van der Waals surface area contributed by atoms with Crippen molar-refractivity contribution in [3.63, 3.8) is 0 Å². The van der Waals surface area contributed by atoms with Crippen molar-refractivity contribution in [1.29, 1.82) is 0 Å². The summed E-state index contributed by atoms with van der Waals surface area (Å²) in [5, 5.41) is 0. The van der Waals surface area contributed by atoms with Crippen molar-refractivity contribution in [1.82, 2.24) is 5.48 Å². The van der Waals surface area contributed by atoms with Gasteiger partial charge < -0.3 is 0 Å². The smallest absolute Gasteiger partial charge is 0.230 e. The number of hydrogen-bond donors (Lipinski definition) is 1. The Morgan fingerprint density at radius 1 is 2.00 bits per heavy atom. The van der Waals surface area contributed by atoms with Gasteiger partial charge in [0.15, 0.2) is 4.11 Å². The van der Waals surface area contributed by atoms with E-state index in [1.807, 2.05) is 28.1 Å². The van der Waals surface area contributed by atoms with Crippen molar-refractivity contribution in [2.45, 2.75) is 4.11 Å². The molecule has 0 fully saturated rings. The van der Waals surface area contributed by atoms with Gasteiger partial charge >= 0.3 is 0 Å². The van der Waals surface area contributed by atoms with Crippen molar-refractivity contribution in [3.8, 4) is 12.3 Å². The van der Waals surface area contributed by atoms with Crippen LogP contribution in [-0.2, 0) is 9.63 Å². The summed E-state index contributed by atoms with van der Waals surface area (Å²) >= 11 is 1.85. The number of alkyl halides is 1. The van der Waals surface area contributed by atoms with E-state index in [1.54, 1.807) is 0 Å². The molecule has 0 spiro atoms. The van der Waals surface area contributed by atoms with Gasteiger partial charge in [-0.25, -0.2) is 10.3 Å². The van der Waals surface area contributed by atoms with Crippen molar-refractivity contribution in [3.05, 3.63) is 0 Å². The van der Waals surface area contributed by atoms with Gasteiger partial charge in [0, 0.05) is 0 Å². The molecule has 0 aromatic carbocycles. The number of nitrogens with one attached hydrogen (secondary N) is 1. The van der Waals surface area contributed by atoms with E-state index in [2.05, 4.69) is 10.8 Å². The summed E-state index contributed by atoms with van der Waals surface area (Å²) in [6.45, 7) is 0. The lowest BCUT2D eigenvalue weighted by atomic mass is 10.8. The second-order valence-corrected chi connectivity index (χ2v) is 1.97. The van der Waals surface area contributed by atoms with Crippen LogP contribution in [0.2, 0.25) is 0 Å². The minimum atomic E-state index is -0.391. The predicted octanol–water partition coefficient (Wildman–Crippen LogP) is 0.0583. The van der Waals surface area contributed by atoms with Crippen LogP contribution in [0.15, 0.2) is 0 Å². The van der Waals surface area contributed by atoms with Crippen LogP contribution in [0.5, 0.6) is 0 Å². The molecule has 0 aliphatic carbocycles. The highest BCUT2D eigenvalue weighted by molar-refractivity contribution is 14.1. The molecular formula is C4H4INO2. The minimum Gasteiger partial charge on any atom is -0.277 e. The maximum Gasteiger partial charge on any atom is 0.230 e. The number of rotatable bonds is 3. The van der Waals surface area contributed by atoms with Crippen LogP contribution < -0.4 is 5.48 Å². The molecule has 0 rings (SSSR count). The normalized spacial score (nSPS) is 11.5. The molecular weight excluding hydrogens is 221 g/mol. The SMILES string of the molecule is C#CC(I)ONC=O. The van der Waals surface area contributed by atoms with Crippen molar-refractivity contribution >= 4 is 29.0 Å². The second-order valence-electron chi connectivity index (χ2n) is 0.836. The summed E-state index contributed by atoms with van der Waals surface area (Å²) in [7, 11) is 0. The fraction of sp³-hybridized carbons (Fsp3) is 0.250. The zero-order valence-corrected chi connectivity index (χ0v) is 6.08. The Labute approximate surface area is 60.9 Å². The van der Waals surface area contributed by atoms with Crippen LogP contribution in [0.25, 0.3) is 0 Å². The number of hydroxylamine groups is 1. The summed E-state index contributed by atoms with van der Waals surface area (Å²) in [5.74, 6) is 2.24. The van der Waals surface area contributed by atoms with E-state index in [4.69, 9.17) is 6.42 Å². The van der Waals surface area contributed by atoms with Gasteiger partial charge in [-0.3, -0.25) is 4.79 Å². The highest BCUT2D eigenvalue weighted by Crippen LogP contribution is 1.95. The summed E-state index contributed by atoms with van der Waals surface area (Å²) in [4.78, 5) is 14.0. The first kappa shape index (κ1) is 7.72. The molecule has 1 amide bonds. The Morgan fingerprint density at radius 3 is 3.00 bits per heavy atom. The van der Waals surface area contributed by atoms with Crippen LogP contribution in [-0.4, -0.2) is 10.5 Å². The molecule has 0 saturated carbocycles. The third-order valence-corrected chi connectivity index (χ3v) is 0.965. The average molecular weight is 225 g/mol. The Balaban J connectivity index is 3.14. The van der Waals surface area contributed by atoms with Gasteiger partial charge in [0.1, 0.15) is 0 Å². The largest absolute Gasteiger partial charge is 0.277 e. The molecule has 0 radical (unpaired) electrons. The molecule has 1 atom stereocenters. The van der Waals surface area contributed by atoms with Crippen LogP contribution in [0, 0.1) is 12.3 Å². The standard InChI is InChI=1S/C4H4INO2/c1-2-4(5)8-6-3-7/h1,3-4H,(H,6,7). The van der Waals surface area contributed by atoms with E-state index in [1.165, 1.54) is 0 Å². The first-order valence-corrected chi connectivity index (χ1v) is 3.01. The number of hydrogen-bond acceptors (Lipinski definition) is 2. The lowest BCUT2D eigenvalue weighted by Crippen LogP contribution is -2.16. The highest BCUT2D eigenvalue weighted by Gasteiger charge is 1.93. The number of carbonyl (C=O) groups excluding carboxylic acids is 1. The van der Waals surface area contributed by atoms with E-state index in [9.17, 15) is 4.79 Å². The maximum atomic E-state index is 9.52. The molecule has 1 unspecified atom stereocenters. The van der Waals surface area contributed by atoms with E-state index in [-0.39, 0.29) is 0 Å². The molecule has 0 aromatic rings.